The number of imidazole rings is 1. The average Bonchev–Trinajstić information content (AvgIpc) is 3.32. The van der Waals surface area contributed by atoms with Gasteiger partial charge in [0.05, 0.1) is 30.1 Å². The lowest BCUT2D eigenvalue weighted by atomic mass is 9.85. The van der Waals surface area contributed by atoms with Gasteiger partial charge >= 0.3 is 0 Å². The van der Waals surface area contributed by atoms with Crippen LogP contribution in [-0.4, -0.2) is 68.3 Å². The number of nitrogens with two attached hydrogens (primary N) is 2. The van der Waals surface area contributed by atoms with E-state index in [-0.39, 0.29) is 17.0 Å². The molecule has 2 saturated heterocycles. The number of piperidine rings is 1. The fourth-order valence-corrected chi connectivity index (χ4v) is 4.67. The molecule has 11 heteroatoms. The number of carbonyl (C=O) groups is 2. The summed E-state index contributed by atoms with van der Waals surface area (Å²) in [6, 6.07) is 6.76. The molecule has 39 heavy (non-hydrogen) atoms. The first-order valence-electron chi connectivity index (χ1n) is 12.9. The Labute approximate surface area is 227 Å². The molecule has 0 aliphatic carbocycles. The van der Waals surface area contributed by atoms with Gasteiger partial charge in [0, 0.05) is 42.7 Å². The Morgan fingerprint density at radius 1 is 1.23 bits per heavy atom. The number of allylic oxidation sites excluding steroid dienone is 1. The zero-order valence-corrected chi connectivity index (χ0v) is 22.5. The Kier molecular flexibility index (Phi) is 8.29. The lowest BCUT2D eigenvalue weighted by molar-refractivity contribution is -0.170. The number of aliphatic hydroxyl groups is 1. The van der Waals surface area contributed by atoms with E-state index in [0.717, 1.165) is 25.1 Å². The third-order valence-electron chi connectivity index (χ3n) is 6.77. The van der Waals surface area contributed by atoms with Crippen molar-refractivity contribution >= 4 is 29.0 Å². The van der Waals surface area contributed by atoms with Gasteiger partial charge in [-0.1, -0.05) is 19.1 Å². The molecule has 1 aromatic carbocycles. The van der Waals surface area contributed by atoms with Crippen molar-refractivity contribution in [1.82, 2.24) is 19.3 Å². The highest BCUT2D eigenvalue weighted by atomic mass is 16.5. The molecule has 2 aromatic heterocycles. The number of ether oxygens (including phenoxy) is 1. The molecule has 0 radical (unpaired) electrons. The lowest BCUT2D eigenvalue weighted by Gasteiger charge is -2.42. The van der Waals surface area contributed by atoms with Gasteiger partial charge in [-0.25, -0.2) is 9.97 Å². The fourth-order valence-electron chi connectivity index (χ4n) is 4.67. The van der Waals surface area contributed by atoms with Crippen LogP contribution in [0.25, 0.3) is 16.8 Å². The van der Waals surface area contributed by atoms with Gasteiger partial charge in [-0.15, -0.1) is 0 Å². The molecule has 1 atom stereocenters. The van der Waals surface area contributed by atoms with Crippen molar-refractivity contribution in [1.29, 1.82) is 0 Å². The molecule has 0 unspecified atom stereocenters. The second-order valence-electron chi connectivity index (χ2n) is 10.4. The molecule has 0 spiro atoms. The number of hydrogen-bond donors (Lipinski definition) is 3. The second-order valence-corrected chi connectivity index (χ2v) is 10.4. The Bertz CT molecular complexity index is 1400. The summed E-state index contributed by atoms with van der Waals surface area (Å²) in [5.41, 5.74) is 13.8. The van der Waals surface area contributed by atoms with Crippen molar-refractivity contribution < 1.29 is 19.4 Å². The van der Waals surface area contributed by atoms with Crippen LogP contribution in [0, 0.1) is 11.3 Å². The maximum absolute atomic E-state index is 12.1. The van der Waals surface area contributed by atoms with Gasteiger partial charge in [0.1, 0.15) is 23.5 Å². The van der Waals surface area contributed by atoms with Crippen LogP contribution in [0.2, 0.25) is 0 Å². The van der Waals surface area contributed by atoms with Gasteiger partial charge in [-0.05, 0) is 44.7 Å². The molecule has 0 saturated carbocycles. The quantitative estimate of drug-likeness (QED) is 0.262. The van der Waals surface area contributed by atoms with Gasteiger partial charge in [-0.2, -0.15) is 4.99 Å². The highest BCUT2D eigenvalue weighted by Crippen LogP contribution is 2.31. The predicted molar refractivity (Wildman–Crippen MR) is 149 cm³/mol. The molecule has 11 nitrogen and oxygen atoms in total. The summed E-state index contributed by atoms with van der Waals surface area (Å²) in [7, 11) is 0. The largest absolute Gasteiger partial charge is 0.512 e. The van der Waals surface area contributed by atoms with E-state index < -0.39 is 5.91 Å². The fraction of sp³-hybridized carbons (Fsp3) is 0.393. The molecular formula is C28H35N7O4. The summed E-state index contributed by atoms with van der Waals surface area (Å²) < 4.78 is 6.91. The number of nitrogen functional groups attached to an aromatic ring is 1. The van der Waals surface area contributed by atoms with Crippen LogP contribution in [0.3, 0.4) is 0 Å². The molecule has 2 aliphatic heterocycles. The van der Waals surface area contributed by atoms with E-state index in [1.807, 2.05) is 11.8 Å². The Morgan fingerprint density at radius 2 is 1.95 bits per heavy atom. The number of carbonyl (C=O) groups excluding carboxylic acids is 2. The van der Waals surface area contributed by atoms with Crippen molar-refractivity contribution in [2.24, 2.45) is 22.1 Å². The highest BCUT2D eigenvalue weighted by Gasteiger charge is 2.44. The van der Waals surface area contributed by atoms with Gasteiger partial charge in [0.2, 0.25) is 5.91 Å². The van der Waals surface area contributed by atoms with E-state index in [1.54, 1.807) is 47.4 Å². The standard InChI is InChI=1S/C17H16N6O2.C11H19NO2/c1-10(24)8-13(18)22-17(25)12-4-2-11(3-5-12)14-15-16(19)20-6-7-23(15)9-21-14;1-9-4-3-5-12(6-9)10(13)11(2)7-14-8-11/h2-9,24H,1H3,(H2,19,20)(H2,18,22,25);9H,3-8H2,1-2H3/b10-8-;/t;9-/m.1/s1. The van der Waals surface area contributed by atoms with Gasteiger partial charge in [0.15, 0.2) is 0 Å². The summed E-state index contributed by atoms with van der Waals surface area (Å²) >= 11 is 0. The van der Waals surface area contributed by atoms with Gasteiger partial charge < -0.3 is 30.6 Å². The number of rotatable bonds is 4. The van der Waals surface area contributed by atoms with E-state index in [9.17, 15) is 9.59 Å². The van der Waals surface area contributed by atoms with Crippen molar-refractivity contribution in [3.63, 3.8) is 0 Å². The zero-order chi connectivity index (χ0) is 28.2. The van der Waals surface area contributed by atoms with Crippen molar-refractivity contribution in [3.8, 4) is 11.3 Å². The van der Waals surface area contributed by atoms with Crippen LogP contribution >= 0.6 is 0 Å². The van der Waals surface area contributed by atoms with Crippen LogP contribution in [-0.2, 0) is 9.53 Å². The number of amides is 2. The smallest absolute Gasteiger partial charge is 0.278 e. The Balaban J connectivity index is 0.000000212. The molecular weight excluding hydrogens is 498 g/mol. The summed E-state index contributed by atoms with van der Waals surface area (Å²) in [6.45, 7) is 8.77. The number of anilines is 1. The number of aliphatic imine (C=N–C) groups is 1. The van der Waals surface area contributed by atoms with Crippen LogP contribution in [0.1, 0.15) is 44.0 Å². The molecule has 206 valence electrons. The number of aromatic nitrogens is 3. The van der Waals surface area contributed by atoms with Crippen LogP contribution in [0.4, 0.5) is 5.82 Å². The Morgan fingerprint density at radius 3 is 2.56 bits per heavy atom. The van der Waals surface area contributed by atoms with E-state index in [0.29, 0.717) is 47.6 Å². The molecule has 5 N–H and O–H groups in total. The second kappa shape index (κ2) is 11.6. The van der Waals surface area contributed by atoms with Crippen LogP contribution < -0.4 is 11.5 Å². The molecule has 0 bridgehead atoms. The number of aliphatic hydroxyl groups excluding tert-OH is 1. The SMILES string of the molecule is C/C(O)=C/C(N)=NC(=O)c1ccc(-c2ncn3ccnc(N)c23)cc1.C[C@@H]1CCCN(C(=O)C2(C)COC2)C1. The summed E-state index contributed by atoms with van der Waals surface area (Å²) in [5.74, 6) is 0.749. The minimum Gasteiger partial charge on any atom is -0.512 e. The van der Waals surface area contributed by atoms with E-state index in [4.69, 9.17) is 21.3 Å². The lowest BCUT2D eigenvalue weighted by Crippen LogP contribution is -2.55. The first-order valence-corrected chi connectivity index (χ1v) is 12.9. The number of nitrogens with zero attached hydrogens (tertiary/aromatic N) is 5. The monoisotopic (exact) mass is 533 g/mol. The molecule has 4 heterocycles. The minimum absolute atomic E-state index is 0.0257. The summed E-state index contributed by atoms with van der Waals surface area (Å²) in [4.78, 5) is 38.3. The van der Waals surface area contributed by atoms with E-state index in [2.05, 4.69) is 21.9 Å². The van der Waals surface area contributed by atoms with Crippen molar-refractivity contribution in [2.45, 2.75) is 33.6 Å². The maximum atomic E-state index is 12.1. The topological polar surface area (TPSA) is 161 Å². The highest BCUT2D eigenvalue weighted by molar-refractivity contribution is 6.06. The van der Waals surface area contributed by atoms with E-state index in [1.165, 1.54) is 19.4 Å². The minimum atomic E-state index is -0.502. The number of amidine groups is 1. The normalized spacial score (nSPS) is 19.2. The van der Waals surface area contributed by atoms with Crippen molar-refractivity contribution in [3.05, 3.63) is 60.4 Å². The zero-order valence-electron chi connectivity index (χ0n) is 22.5. The summed E-state index contributed by atoms with van der Waals surface area (Å²) in [6.07, 6.45) is 8.63. The predicted octanol–water partition coefficient (Wildman–Crippen LogP) is 3.22. The number of hydrogen-bond acceptors (Lipinski definition) is 7. The average molecular weight is 534 g/mol. The molecule has 5 rings (SSSR count). The number of likely N-dealkylation sites (tertiary alicyclic amines) is 1. The number of benzene rings is 1. The van der Waals surface area contributed by atoms with E-state index >= 15 is 0 Å². The molecule has 2 aliphatic rings. The van der Waals surface area contributed by atoms with Crippen LogP contribution in [0.15, 0.2) is 59.8 Å². The first kappa shape index (κ1) is 27.8. The maximum Gasteiger partial charge on any atom is 0.278 e. The Hall–Kier alpha value is -4.25. The third kappa shape index (κ3) is 6.43. The van der Waals surface area contributed by atoms with Crippen molar-refractivity contribution in [2.75, 3.05) is 32.0 Å². The summed E-state index contributed by atoms with van der Waals surface area (Å²) in [5, 5.41) is 9.12. The molecule has 2 fully saturated rings. The third-order valence-corrected chi connectivity index (χ3v) is 6.77. The molecule has 3 aromatic rings. The van der Waals surface area contributed by atoms with Gasteiger partial charge in [-0.3, -0.25) is 9.59 Å². The van der Waals surface area contributed by atoms with Gasteiger partial charge in [0.25, 0.3) is 5.91 Å². The number of fused-ring (bicyclic) bond motifs is 1. The van der Waals surface area contributed by atoms with Crippen LogP contribution in [0.5, 0.6) is 0 Å². The molecule has 2 amide bonds. The first-order chi connectivity index (χ1) is 18.6.